The van der Waals surface area contributed by atoms with Gasteiger partial charge in [-0.1, -0.05) is 4.57 Å². The normalized spacial score (nSPS) is 9.53. The maximum atomic E-state index is 11.3. The fraction of sp³-hybridized carbons (Fsp3) is 0.167. The van der Waals surface area contributed by atoms with Crippen LogP contribution < -0.4 is 21.7 Å². The monoisotopic (exact) mass is 253 g/mol. The van der Waals surface area contributed by atoms with E-state index in [1.807, 2.05) is 24.3 Å². The summed E-state index contributed by atoms with van der Waals surface area (Å²) in [6, 6.07) is 7.50. The van der Waals surface area contributed by atoms with E-state index in [9.17, 15) is 4.79 Å². The minimum Gasteiger partial charge on any atom is -1.00 e. The van der Waals surface area contributed by atoms with Crippen molar-refractivity contribution in [3.8, 4) is 5.75 Å². The fourth-order valence-electron chi connectivity index (χ4n) is 1.51. The van der Waals surface area contributed by atoms with E-state index in [1.165, 1.54) is 11.7 Å². The number of carbonyl (C=O) groups excluding carboxylic acids is 1. The standard InChI is InChI=1S/C12H12NO3.ClH/c1-15-11-4-3-10-8-13(12(14)16-2)6-5-9(10)7-11;/h3-8H,1-2H3;1H/q+1;/p-1. The van der Waals surface area contributed by atoms with E-state index < -0.39 is 6.09 Å². The maximum Gasteiger partial charge on any atom is 0.601 e. The molecule has 0 spiro atoms. The van der Waals surface area contributed by atoms with E-state index in [4.69, 9.17) is 4.74 Å². The molecule has 0 saturated carbocycles. The van der Waals surface area contributed by atoms with Gasteiger partial charge < -0.3 is 21.9 Å². The van der Waals surface area contributed by atoms with Crippen LogP contribution in [0.4, 0.5) is 4.79 Å². The van der Waals surface area contributed by atoms with E-state index in [1.54, 1.807) is 19.5 Å². The van der Waals surface area contributed by atoms with Crippen molar-refractivity contribution in [3.63, 3.8) is 0 Å². The Morgan fingerprint density at radius 1 is 1.18 bits per heavy atom. The highest BCUT2D eigenvalue weighted by atomic mass is 35.5. The number of nitrogens with zero attached hydrogens (tertiary/aromatic N) is 1. The molecule has 0 amide bonds. The smallest absolute Gasteiger partial charge is 0.601 e. The average molecular weight is 254 g/mol. The molecular weight excluding hydrogens is 242 g/mol. The lowest BCUT2D eigenvalue weighted by atomic mass is 10.2. The van der Waals surface area contributed by atoms with Gasteiger partial charge in [0.25, 0.3) is 0 Å². The number of hydrogen-bond acceptors (Lipinski definition) is 3. The first-order valence-electron chi connectivity index (χ1n) is 4.82. The molecule has 2 rings (SSSR count). The van der Waals surface area contributed by atoms with Crippen LogP contribution in [0.3, 0.4) is 0 Å². The largest absolute Gasteiger partial charge is 1.00 e. The molecule has 0 aliphatic rings. The second-order valence-corrected chi connectivity index (χ2v) is 3.32. The second-order valence-electron chi connectivity index (χ2n) is 3.32. The van der Waals surface area contributed by atoms with Crippen molar-refractivity contribution in [2.75, 3.05) is 14.2 Å². The fourth-order valence-corrected chi connectivity index (χ4v) is 1.51. The van der Waals surface area contributed by atoms with Crippen LogP contribution in [-0.4, -0.2) is 20.3 Å². The summed E-state index contributed by atoms with van der Waals surface area (Å²) in [5.74, 6) is 0.795. The van der Waals surface area contributed by atoms with Crippen LogP contribution >= 0.6 is 0 Å². The quantitative estimate of drug-likeness (QED) is 0.597. The highest BCUT2D eigenvalue weighted by Gasteiger charge is 2.14. The van der Waals surface area contributed by atoms with Gasteiger partial charge in [0.05, 0.1) is 14.2 Å². The van der Waals surface area contributed by atoms with E-state index in [2.05, 4.69) is 4.74 Å². The van der Waals surface area contributed by atoms with Gasteiger partial charge in [0.15, 0.2) is 12.4 Å². The lowest BCUT2D eigenvalue weighted by Crippen LogP contribution is -3.00. The van der Waals surface area contributed by atoms with E-state index >= 15 is 0 Å². The minimum absolute atomic E-state index is 0. The maximum absolute atomic E-state index is 11.3. The van der Waals surface area contributed by atoms with Gasteiger partial charge in [-0.2, -0.15) is 4.79 Å². The van der Waals surface area contributed by atoms with Crippen molar-refractivity contribution in [3.05, 3.63) is 36.7 Å². The molecule has 0 unspecified atom stereocenters. The number of carbonyl (C=O) groups is 1. The zero-order valence-electron chi connectivity index (χ0n) is 9.51. The van der Waals surface area contributed by atoms with E-state index in [0.717, 1.165) is 16.5 Å². The van der Waals surface area contributed by atoms with Crippen molar-refractivity contribution < 1.29 is 31.2 Å². The summed E-state index contributed by atoms with van der Waals surface area (Å²) in [5.41, 5.74) is 0. The Morgan fingerprint density at radius 3 is 2.59 bits per heavy atom. The predicted octanol–water partition coefficient (Wildman–Crippen LogP) is -1.25. The van der Waals surface area contributed by atoms with Gasteiger partial charge in [0.2, 0.25) is 0 Å². The molecule has 0 saturated heterocycles. The van der Waals surface area contributed by atoms with Crippen molar-refractivity contribution in [1.29, 1.82) is 0 Å². The Labute approximate surface area is 105 Å². The molecule has 0 bridgehead atoms. The zero-order valence-corrected chi connectivity index (χ0v) is 10.3. The average Bonchev–Trinajstić information content (AvgIpc) is 2.36. The molecule has 0 radical (unpaired) electrons. The molecule has 1 heterocycles. The summed E-state index contributed by atoms with van der Waals surface area (Å²) < 4.78 is 11.1. The lowest BCUT2D eigenvalue weighted by Gasteiger charge is -2.00. The van der Waals surface area contributed by atoms with Gasteiger partial charge in [-0.05, 0) is 23.6 Å². The van der Waals surface area contributed by atoms with Crippen molar-refractivity contribution in [1.82, 2.24) is 0 Å². The van der Waals surface area contributed by atoms with Gasteiger partial charge >= 0.3 is 6.09 Å². The van der Waals surface area contributed by atoms with Gasteiger partial charge in [-0.3, -0.25) is 0 Å². The number of methoxy groups -OCH3 is 2. The van der Waals surface area contributed by atoms with Crippen LogP contribution in [0.2, 0.25) is 0 Å². The number of fused-ring (bicyclic) bond motifs is 1. The molecule has 1 aromatic carbocycles. The summed E-state index contributed by atoms with van der Waals surface area (Å²) in [6.07, 6.45) is 2.98. The molecule has 0 atom stereocenters. The summed E-state index contributed by atoms with van der Waals surface area (Å²) in [4.78, 5) is 11.3. The van der Waals surface area contributed by atoms with E-state index in [0.29, 0.717) is 0 Å². The Balaban J connectivity index is 0.00000144. The van der Waals surface area contributed by atoms with Crippen molar-refractivity contribution in [2.24, 2.45) is 0 Å². The summed E-state index contributed by atoms with van der Waals surface area (Å²) in [6.45, 7) is 0. The number of aromatic nitrogens is 1. The second kappa shape index (κ2) is 5.50. The van der Waals surface area contributed by atoms with Crippen LogP contribution in [0.5, 0.6) is 5.75 Å². The Morgan fingerprint density at radius 2 is 1.94 bits per heavy atom. The molecule has 17 heavy (non-hydrogen) atoms. The van der Waals surface area contributed by atoms with Crippen LogP contribution in [0.15, 0.2) is 36.7 Å². The van der Waals surface area contributed by atoms with Gasteiger partial charge in [0, 0.05) is 11.5 Å². The molecule has 2 aromatic rings. The van der Waals surface area contributed by atoms with Crippen molar-refractivity contribution >= 4 is 16.9 Å². The van der Waals surface area contributed by atoms with Crippen LogP contribution in [0.25, 0.3) is 10.8 Å². The molecular formula is C12H12ClNO3. The summed E-state index contributed by atoms with van der Waals surface area (Å²) in [5, 5.41) is 1.97. The Hall–Kier alpha value is -1.81. The SMILES string of the molecule is COC(=O)[n+]1ccc2cc(OC)ccc2c1.[Cl-]. The number of halogens is 1. The van der Waals surface area contributed by atoms with Crippen molar-refractivity contribution in [2.45, 2.75) is 0 Å². The van der Waals surface area contributed by atoms with Gasteiger partial charge in [-0.15, -0.1) is 0 Å². The summed E-state index contributed by atoms with van der Waals surface area (Å²) >= 11 is 0. The first-order chi connectivity index (χ1) is 7.74. The third-order valence-corrected chi connectivity index (χ3v) is 2.37. The predicted molar refractivity (Wildman–Crippen MR) is 58.5 cm³/mol. The number of pyridine rings is 1. The number of ether oxygens (including phenoxy) is 2. The molecule has 0 aliphatic heterocycles. The third kappa shape index (κ3) is 2.65. The summed E-state index contributed by atoms with van der Waals surface area (Å²) in [7, 11) is 2.98. The van der Waals surface area contributed by atoms with Gasteiger partial charge in [0.1, 0.15) is 5.75 Å². The molecule has 0 fully saturated rings. The number of benzene rings is 1. The zero-order chi connectivity index (χ0) is 11.5. The molecule has 0 N–H and O–H groups in total. The molecule has 90 valence electrons. The Bertz CT molecular complexity index is 542. The van der Waals surface area contributed by atoms with Gasteiger partial charge in [-0.25, -0.2) is 0 Å². The number of rotatable bonds is 1. The molecule has 5 heteroatoms. The lowest BCUT2D eigenvalue weighted by molar-refractivity contribution is -0.583. The Kier molecular flexibility index (Phi) is 4.29. The van der Waals surface area contributed by atoms with Crippen LogP contribution in [0, 0.1) is 0 Å². The topological polar surface area (TPSA) is 39.4 Å². The molecule has 1 aromatic heterocycles. The van der Waals surface area contributed by atoms with E-state index in [-0.39, 0.29) is 12.4 Å². The minimum atomic E-state index is -0.405. The highest BCUT2D eigenvalue weighted by Crippen LogP contribution is 2.18. The number of hydrogen-bond donors (Lipinski definition) is 0. The van der Waals surface area contributed by atoms with Crippen LogP contribution in [0.1, 0.15) is 0 Å². The first kappa shape index (κ1) is 13.3. The first-order valence-corrected chi connectivity index (χ1v) is 4.82. The molecule has 0 aliphatic carbocycles. The molecule has 4 nitrogen and oxygen atoms in total. The highest BCUT2D eigenvalue weighted by molar-refractivity contribution is 5.82. The van der Waals surface area contributed by atoms with Crippen LogP contribution in [-0.2, 0) is 4.74 Å². The third-order valence-electron chi connectivity index (χ3n) is 2.37.